The van der Waals surface area contributed by atoms with E-state index in [1.54, 1.807) is 39.8 Å². The highest BCUT2D eigenvalue weighted by molar-refractivity contribution is 7.32. The predicted molar refractivity (Wildman–Crippen MR) is 306 cm³/mol. The van der Waals surface area contributed by atoms with Crippen LogP contribution in [-0.4, -0.2) is 169 Å². The molecule has 2 aromatic carbocycles. The van der Waals surface area contributed by atoms with E-state index in [9.17, 15) is 57.4 Å². The number of nitrogens with two attached hydrogens (primary N) is 5. The van der Waals surface area contributed by atoms with Gasteiger partial charge in [-0.25, -0.2) is 0 Å². The topological polar surface area (TPSA) is 463 Å². The Balaban J connectivity index is 2.10. The quantitative estimate of drug-likeness (QED) is 0.00906. The number of carbonyl (C=O) groups is 10. The van der Waals surface area contributed by atoms with Crippen molar-refractivity contribution in [3.63, 3.8) is 0 Å². The van der Waals surface area contributed by atoms with Crippen LogP contribution in [0.5, 0.6) is 0 Å². The summed E-state index contributed by atoms with van der Waals surface area (Å²) in [6.07, 6.45) is 0.601. The molecule has 9 atom stereocenters. The van der Waals surface area contributed by atoms with Gasteiger partial charge in [-0.05, 0) is 99.1 Å². The number of likely N-dealkylation sites (tertiary alicyclic amines) is 1. The first kappa shape index (κ1) is 68.2. The Bertz CT molecular complexity index is 2700. The van der Waals surface area contributed by atoms with Crippen LogP contribution in [0, 0.1) is 11.8 Å². The van der Waals surface area contributed by atoms with Crippen LogP contribution in [0.4, 0.5) is 5.69 Å². The summed E-state index contributed by atoms with van der Waals surface area (Å²) in [6.45, 7) is 8.80. The number of rotatable bonds is 33. The number of ketones is 1. The highest BCUT2D eigenvalue weighted by atomic mass is 31.1. The summed E-state index contributed by atoms with van der Waals surface area (Å²) in [5, 5.41) is 19.0. The number of nitrogens with zero attached hydrogens (tertiary/aromatic N) is 4. The number of amides is 9. The molecule has 1 fully saturated rings. The standard InChI is InChI=1S/C52H81N16O13P/c1-27(2)22-37(63-44(72)35(61-30(6)69)12-9-19-58-51(54)55)46(74)66-41(42(70)33-16-15-32-25-34(67(7)8)18-17-31(32)24-33)49(77)62-36(13-10-20-59-52(56)57)45(73)65-39(26-81-82(79)80)47(75)64-38(23-28(3)4)50(78)68-21-11-14-40(68)48(76)60-29(5)43(53)71/h15-18,24-25,27-29,35-41H,9-14,19-23,26H2,1-8H3,(H17-,53,54,55,56,57,58,59,60,61,62,63,64,65,66,69,71,72,73,74,75,76,77,79,80)/p+1/t29-,35-,36-,37-,38-,39-,40-,41-/m0/s1. The second-order valence-electron chi connectivity index (χ2n) is 21.0. The molecule has 1 saturated heterocycles. The number of hydrogen-bond donors (Lipinski definition) is 13. The molecule has 29 nitrogen and oxygen atoms in total. The number of primary amides is 1. The highest BCUT2D eigenvalue weighted by Crippen LogP contribution is 2.24. The molecule has 452 valence electrons. The van der Waals surface area contributed by atoms with Gasteiger partial charge in [-0.1, -0.05) is 45.9 Å². The smallest absolute Gasteiger partial charge is 0.378 e. The Morgan fingerprint density at radius 1 is 0.671 bits per heavy atom. The van der Waals surface area contributed by atoms with Gasteiger partial charge in [0, 0.05) is 56.5 Å². The molecule has 9 amide bonds. The number of Topliss-reactive ketones (excluding diaryl/α,β-unsaturated/α-hetero) is 1. The zero-order valence-electron chi connectivity index (χ0n) is 47.7. The van der Waals surface area contributed by atoms with Crippen molar-refractivity contribution in [2.45, 2.75) is 141 Å². The third kappa shape index (κ3) is 22.5. The summed E-state index contributed by atoms with van der Waals surface area (Å²) in [7, 11) is 0.318. The molecule has 30 heteroatoms. The van der Waals surface area contributed by atoms with E-state index >= 15 is 0 Å². The summed E-state index contributed by atoms with van der Waals surface area (Å²) in [6, 6.07) is -1.60. The molecule has 0 saturated carbocycles. The number of aliphatic imine (C=N–C) groups is 2. The van der Waals surface area contributed by atoms with Crippen LogP contribution >= 0.6 is 8.25 Å². The van der Waals surface area contributed by atoms with Crippen molar-refractivity contribution in [2.24, 2.45) is 50.5 Å². The molecular formula is C52H82N16O13P+. The zero-order valence-corrected chi connectivity index (χ0v) is 48.6. The fraction of sp³-hybridized carbons (Fsp3) is 0.577. The van der Waals surface area contributed by atoms with Crippen LogP contribution in [0.15, 0.2) is 46.4 Å². The normalized spacial score (nSPS) is 15.7. The van der Waals surface area contributed by atoms with Crippen molar-refractivity contribution >= 4 is 95.6 Å². The fourth-order valence-electron chi connectivity index (χ4n) is 8.79. The molecule has 0 bridgehead atoms. The summed E-state index contributed by atoms with van der Waals surface area (Å²) >= 11 is 0. The van der Waals surface area contributed by atoms with Crippen LogP contribution < -0.4 is 70.8 Å². The number of fused-ring (bicyclic) bond motifs is 1. The van der Waals surface area contributed by atoms with Gasteiger partial charge in [0.05, 0.1) is 0 Å². The van der Waals surface area contributed by atoms with Gasteiger partial charge < -0.3 is 75.7 Å². The van der Waals surface area contributed by atoms with Gasteiger partial charge in [-0.2, -0.15) is 0 Å². The lowest BCUT2D eigenvalue weighted by atomic mass is 9.97. The van der Waals surface area contributed by atoms with Crippen LogP contribution in [-0.2, 0) is 52.2 Å². The molecule has 1 aliphatic heterocycles. The molecule has 1 unspecified atom stereocenters. The summed E-state index contributed by atoms with van der Waals surface area (Å²) in [5.41, 5.74) is 28.1. The van der Waals surface area contributed by atoms with E-state index in [1.165, 1.54) is 30.9 Å². The molecule has 0 aromatic heterocycles. The number of anilines is 1. The Hall–Kier alpha value is -8.04. The van der Waals surface area contributed by atoms with Crippen LogP contribution in [0.3, 0.4) is 0 Å². The van der Waals surface area contributed by atoms with Gasteiger partial charge in [0.1, 0.15) is 48.9 Å². The molecular weight excluding hydrogens is 1090 g/mol. The summed E-state index contributed by atoms with van der Waals surface area (Å²) < 4.78 is 16.8. The summed E-state index contributed by atoms with van der Waals surface area (Å²) in [5.74, 6) is -9.84. The molecule has 0 spiro atoms. The van der Waals surface area contributed by atoms with Crippen LogP contribution in [0.1, 0.15) is 103 Å². The SMILES string of the molecule is CC(=O)N[C@@H](CCCN=C(N)N)C(=O)N[C@@H](CC(C)C)C(=O)N[C@H](C(=O)N[C@@H](CCCN=C(N)N)C(=O)N[C@@H](CO[P+](=O)O)C(=O)N[C@@H](CC(C)C)C(=O)N1CCC[C@H]1C(=O)N[C@@H](C)C(N)=O)C(=O)c1ccc2cc(N(C)C)ccc2c1. The maximum Gasteiger partial charge on any atom is 0.694 e. The first-order valence-corrected chi connectivity index (χ1v) is 28.0. The second kappa shape index (κ2) is 33.0. The highest BCUT2D eigenvalue weighted by Gasteiger charge is 2.41. The van der Waals surface area contributed by atoms with Crippen molar-refractivity contribution in [1.29, 1.82) is 0 Å². The summed E-state index contributed by atoms with van der Waals surface area (Å²) in [4.78, 5) is 159. The van der Waals surface area contributed by atoms with Gasteiger partial charge in [0.25, 0.3) is 5.91 Å². The van der Waals surface area contributed by atoms with E-state index < -0.39 is 122 Å². The van der Waals surface area contributed by atoms with Gasteiger partial charge in [-0.15, -0.1) is 9.42 Å². The number of guanidine groups is 2. The lowest BCUT2D eigenvalue weighted by molar-refractivity contribution is -0.142. The largest absolute Gasteiger partial charge is 0.694 e. The second-order valence-corrected chi connectivity index (χ2v) is 21.7. The van der Waals surface area contributed by atoms with Crippen molar-refractivity contribution in [3.05, 3.63) is 42.0 Å². The van der Waals surface area contributed by atoms with E-state index in [-0.39, 0.29) is 93.9 Å². The number of carbonyl (C=O) groups excluding carboxylic acids is 10. The Morgan fingerprint density at radius 2 is 1.17 bits per heavy atom. The van der Waals surface area contributed by atoms with Crippen molar-refractivity contribution in [2.75, 3.05) is 45.2 Å². The maximum atomic E-state index is 14.8. The van der Waals surface area contributed by atoms with Gasteiger partial charge >= 0.3 is 8.25 Å². The first-order chi connectivity index (χ1) is 38.5. The van der Waals surface area contributed by atoms with Crippen molar-refractivity contribution in [1.82, 2.24) is 42.1 Å². The minimum atomic E-state index is -3.38. The van der Waals surface area contributed by atoms with E-state index in [1.807, 2.05) is 31.1 Å². The van der Waals surface area contributed by atoms with Crippen LogP contribution in [0.25, 0.3) is 10.8 Å². The zero-order chi connectivity index (χ0) is 61.5. The average molecular weight is 1170 g/mol. The molecule has 0 radical (unpaired) electrons. The minimum absolute atomic E-state index is 0.0140. The maximum absolute atomic E-state index is 14.8. The first-order valence-electron chi connectivity index (χ1n) is 26.8. The third-order valence-electron chi connectivity index (χ3n) is 12.9. The van der Waals surface area contributed by atoms with E-state index in [0.717, 1.165) is 11.1 Å². The number of benzene rings is 2. The Morgan fingerprint density at radius 3 is 1.71 bits per heavy atom. The number of hydrogen-bond acceptors (Lipinski definition) is 15. The van der Waals surface area contributed by atoms with Crippen LogP contribution in [0.2, 0.25) is 0 Å². The average Bonchev–Trinajstić information content (AvgIpc) is 3.98. The van der Waals surface area contributed by atoms with E-state index in [4.69, 9.17) is 33.2 Å². The molecule has 1 aliphatic rings. The van der Waals surface area contributed by atoms with E-state index in [2.05, 4.69) is 47.2 Å². The van der Waals surface area contributed by atoms with E-state index in [0.29, 0.717) is 11.8 Å². The molecule has 1 heterocycles. The predicted octanol–water partition coefficient (Wildman–Crippen LogP) is -2.14. The minimum Gasteiger partial charge on any atom is -0.378 e. The molecule has 2 aromatic rings. The van der Waals surface area contributed by atoms with Crippen molar-refractivity contribution < 1.29 is 61.9 Å². The lowest BCUT2D eigenvalue weighted by Gasteiger charge is -2.31. The van der Waals surface area contributed by atoms with Gasteiger partial charge in [0.15, 0.2) is 23.7 Å². The Kier molecular flexibility index (Phi) is 27.5. The fourth-order valence-corrected chi connectivity index (χ4v) is 9.06. The van der Waals surface area contributed by atoms with Crippen molar-refractivity contribution in [3.8, 4) is 0 Å². The van der Waals surface area contributed by atoms with Gasteiger partial charge in [0.2, 0.25) is 47.3 Å². The number of nitrogens with one attached hydrogen (secondary N) is 7. The third-order valence-corrected chi connectivity index (χ3v) is 13.3. The molecule has 82 heavy (non-hydrogen) atoms. The molecule has 0 aliphatic carbocycles. The Labute approximate surface area is 477 Å². The molecule has 18 N–H and O–H groups in total. The monoisotopic (exact) mass is 1170 g/mol. The lowest BCUT2D eigenvalue weighted by Crippen LogP contribution is -2.62. The van der Waals surface area contributed by atoms with Gasteiger partial charge in [-0.3, -0.25) is 57.9 Å². The molecule has 3 rings (SSSR count).